The predicted octanol–water partition coefficient (Wildman–Crippen LogP) is 3.22. The van der Waals surface area contributed by atoms with E-state index in [1.807, 2.05) is 31.2 Å². The third-order valence-corrected chi connectivity index (χ3v) is 5.03. The van der Waals surface area contributed by atoms with Gasteiger partial charge in [-0.15, -0.1) is 0 Å². The molecule has 7 nitrogen and oxygen atoms in total. The van der Waals surface area contributed by atoms with E-state index in [9.17, 15) is 9.59 Å². The second-order valence-corrected chi connectivity index (χ2v) is 6.99. The van der Waals surface area contributed by atoms with Crippen molar-refractivity contribution in [1.29, 1.82) is 0 Å². The highest BCUT2D eigenvalue weighted by Gasteiger charge is 2.16. The zero-order valence-corrected chi connectivity index (χ0v) is 17.1. The van der Waals surface area contributed by atoms with Crippen LogP contribution in [0.25, 0.3) is 0 Å². The van der Waals surface area contributed by atoms with Crippen LogP contribution >= 0.6 is 0 Å². The van der Waals surface area contributed by atoms with Gasteiger partial charge in [0.2, 0.25) is 0 Å². The molecule has 3 amide bonds. The number of anilines is 3. The highest BCUT2D eigenvalue weighted by molar-refractivity contribution is 6.04. The third kappa shape index (κ3) is 5.71. The smallest absolute Gasteiger partial charge is 0.319 e. The molecule has 1 fully saturated rings. The molecule has 0 radical (unpaired) electrons. The predicted molar refractivity (Wildman–Crippen MR) is 118 cm³/mol. The standard InChI is InChI=1S/C22H29N5O2/c1-3-23-22(29)25-19-7-5-6-18(16-19)24-21(28)17-8-10-20(11-9-17)27-14-12-26(4-2)13-15-27/h5-11,16H,3-4,12-15H2,1-2H3,(H,24,28)(H2,23,25,29). The molecule has 154 valence electrons. The largest absolute Gasteiger partial charge is 0.369 e. The summed E-state index contributed by atoms with van der Waals surface area (Å²) in [5.74, 6) is -0.178. The van der Waals surface area contributed by atoms with Crippen molar-refractivity contribution >= 4 is 29.0 Å². The van der Waals surface area contributed by atoms with Crippen LogP contribution in [-0.4, -0.2) is 56.1 Å². The Morgan fingerprint density at radius 3 is 2.17 bits per heavy atom. The first kappa shape index (κ1) is 20.7. The van der Waals surface area contributed by atoms with Crippen LogP contribution in [0, 0.1) is 0 Å². The quantitative estimate of drug-likeness (QED) is 0.702. The van der Waals surface area contributed by atoms with Gasteiger partial charge in [0.05, 0.1) is 0 Å². The zero-order chi connectivity index (χ0) is 20.6. The summed E-state index contributed by atoms with van der Waals surface area (Å²) < 4.78 is 0. The second kappa shape index (κ2) is 9.93. The van der Waals surface area contributed by atoms with E-state index in [1.54, 1.807) is 24.3 Å². The Balaban J connectivity index is 1.59. The lowest BCUT2D eigenvalue weighted by Gasteiger charge is -2.35. The molecule has 3 N–H and O–H groups in total. The van der Waals surface area contributed by atoms with Crippen molar-refractivity contribution in [2.45, 2.75) is 13.8 Å². The molecule has 1 heterocycles. The highest BCUT2D eigenvalue weighted by atomic mass is 16.2. The van der Waals surface area contributed by atoms with E-state index in [1.165, 1.54) is 0 Å². The van der Waals surface area contributed by atoms with E-state index < -0.39 is 0 Å². The minimum atomic E-state index is -0.272. The average molecular weight is 396 g/mol. The molecule has 2 aromatic rings. The van der Waals surface area contributed by atoms with E-state index >= 15 is 0 Å². The Labute approximate surface area is 172 Å². The summed E-state index contributed by atoms with van der Waals surface area (Å²) in [6.45, 7) is 9.83. The molecule has 1 saturated heterocycles. The summed E-state index contributed by atoms with van der Waals surface area (Å²) in [4.78, 5) is 29.0. The molecular formula is C22H29N5O2. The first-order chi connectivity index (χ1) is 14.1. The Kier molecular flexibility index (Phi) is 7.08. The number of hydrogen-bond donors (Lipinski definition) is 3. The van der Waals surface area contributed by atoms with Gasteiger partial charge in [-0.05, 0) is 55.9 Å². The molecule has 29 heavy (non-hydrogen) atoms. The lowest BCUT2D eigenvalue weighted by Crippen LogP contribution is -2.46. The molecule has 1 aliphatic rings. The van der Waals surface area contributed by atoms with Crippen LogP contribution in [0.1, 0.15) is 24.2 Å². The Hall–Kier alpha value is -3.06. The average Bonchev–Trinajstić information content (AvgIpc) is 2.74. The number of amides is 3. The number of urea groups is 1. The van der Waals surface area contributed by atoms with Gasteiger partial charge < -0.3 is 25.8 Å². The summed E-state index contributed by atoms with van der Waals surface area (Å²) in [7, 11) is 0. The summed E-state index contributed by atoms with van der Waals surface area (Å²) in [6.07, 6.45) is 0. The first-order valence-corrected chi connectivity index (χ1v) is 10.1. The summed E-state index contributed by atoms with van der Waals surface area (Å²) >= 11 is 0. The van der Waals surface area contributed by atoms with Crippen molar-refractivity contribution in [3.63, 3.8) is 0 Å². The van der Waals surface area contributed by atoms with Gasteiger partial charge >= 0.3 is 6.03 Å². The zero-order valence-electron chi connectivity index (χ0n) is 17.1. The SMILES string of the molecule is CCNC(=O)Nc1cccc(NC(=O)c2ccc(N3CCN(CC)CC3)cc2)c1. The number of carbonyl (C=O) groups excluding carboxylic acids is 2. The fourth-order valence-corrected chi connectivity index (χ4v) is 3.36. The Bertz CT molecular complexity index is 829. The lowest BCUT2D eigenvalue weighted by atomic mass is 10.1. The van der Waals surface area contributed by atoms with Gasteiger partial charge in [-0.1, -0.05) is 13.0 Å². The van der Waals surface area contributed by atoms with Gasteiger partial charge in [0.15, 0.2) is 0 Å². The van der Waals surface area contributed by atoms with E-state index in [0.29, 0.717) is 23.5 Å². The minimum absolute atomic E-state index is 0.178. The number of hydrogen-bond acceptors (Lipinski definition) is 4. The topological polar surface area (TPSA) is 76.7 Å². The molecular weight excluding hydrogens is 366 g/mol. The fraction of sp³-hybridized carbons (Fsp3) is 0.364. The van der Waals surface area contributed by atoms with Crippen molar-refractivity contribution in [2.24, 2.45) is 0 Å². The van der Waals surface area contributed by atoms with Gasteiger partial charge in [0.1, 0.15) is 0 Å². The van der Waals surface area contributed by atoms with Gasteiger partial charge in [-0.25, -0.2) is 4.79 Å². The maximum atomic E-state index is 12.6. The molecule has 0 atom stereocenters. The van der Waals surface area contributed by atoms with Crippen LogP contribution in [0.2, 0.25) is 0 Å². The first-order valence-electron chi connectivity index (χ1n) is 10.1. The van der Waals surface area contributed by atoms with E-state index in [0.717, 1.165) is 38.4 Å². The number of rotatable bonds is 6. The highest BCUT2D eigenvalue weighted by Crippen LogP contribution is 2.19. The van der Waals surface area contributed by atoms with Crippen molar-refractivity contribution in [2.75, 3.05) is 54.8 Å². The normalized spacial score (nSPS) is 14.3. The van der Waals surface area contributed by atoms with Gasteiger partial charge in [0.25, 0.3) is 5.91 Å². The van der Waals surface area contributed by atoms with Crippen LogP contribution in [-0.2, 0) is 0 Å². The molecule has 0 aromatic heterocycles. The molecule has 2 aromatic carbocycles. The molecule has 1 aliphatic heterocycles. The molecule has 0 saturated carbocycles. The summed E-state index contributed by atoms with van der Waals surface area (Å²) in [5.41, 5.74) is 2.99. The number of nitrogens with zero attached hydrogens (tertiary/aromatic N) is 2. The van der Waals surface area contributed by atoms with Crippen LogP contribution < -0.4 is 20.9 Å². The second-order valence-electron chi connectivity index (χ2n) is 6.99. The molecule has 0 bridgehead atoms. The van der Waals surface area contributed by atoms with Crippen LogP contribution in [0.5, 0.6) is 0 Å². The van der Waals surface area contributed by atoms with Gasteiger partial charge in [-0.2, -0.15) is 0 Å². The maximum Gasteiger partial charge on any atom is 0.319 e. The lowest BCUT2D eigenvalue weighted by molar-refractivity contribution is 0.102. The van der Waals surface area contributed by atoms with Crippen LogP contribution in [0.4, 0.5) is 21.9 Å². The summed E-state index contributed by atoms with van der Waals surface area (Å²) in [5, 5.41) is 8.30. The molecule has 0 unspecified atom stereocenters. The Morgan fingerprint density at radius 1 is 0.897 bits per heavy atom. The fourth-order valence-electron chi connectivity index (χ4n) is 3.36. The van der Waals surface area contributed by atoms with E-state index in [4.69, 9.17) is 0 Å². The minimum Gasteiger partial charge on any atom is -0.369 e. The number of piperazine rings is 1. The van der Waals surface area contributed by atoms with Gasteiger partial charge in [0, 0.05) is 55.3 Å². The van der Waals surface area contributed by atoms with Crippen LogP contribution in [0.3, 0.4) is 0 Å². The van der Waals surface area contributed by atoms with Gasteiger partial charge in [-0.3, -0.25) is 4.79 Å². The van der Waals surface area contributed by atoms with E-state index in [-0.39, 0.29) is 11.9 Å². The maximum absolute atomic E-state index is 12.6. The van der Waals surface area contributed by atoms with Crippen molar-refractivity contribution < 1.29 is 9.59 Å². The number of nitrogens with one attached hydrogen (secondary N) is 3. The summed E-state index contributed by atoms with van der Waals surface area (Å²) in [6, 6.07) is 14.5. The molecule has 0 spiro atoms. The number of likely N-dealkylation sites (N-methyl/N-ethyl adjacent to an activating group) is 1. The third-order valence-electron chi connectivity index (χ3n) is 5.03. The Morgan fingerprint density at radius 2 is 1.55 bits per heavy atom. The van der Waals surface area contributed by atoms with Crippen LogP contribution in [0.15, 0.2) is 48.5 Å². The monoisotopic (exact) mass is 395 g/mol. The molecule has 0 aliphatic carbocycles. The number of benzene rings is 2. The van der Waals surface area contributed by atoms with Crippen molar-refractivity contribution in [3.05, 3.63) is 54.1 Å². The molecule has 7 heteroatoms. The van der Waals surface area contributed by atoms with Crippen molar-refractivity contribution in [3.8, 4) is 0 Å². The van der Waals surface area contributed by atoms with E-state index in [2.05, 4.69) is 32.7 Å². The molecule has 3 rings (SSSR count). The number of carbonyl (C=O) groups is 2. The van der Waals surface area contributed by atoms with Crippen molar-refractivity contribution in [1.82, 2.24) is 10.2 Å².